The number of aromatic nitrogens is 2. The molecule has 2 aromatic rings. The molecule has 0 amide bonds. The Hall–Kier alpha value is -0.381. The van der Waals surface area contributed by atoms with E-state index in [0.29, 0.717) is 0 Å². The fraction of sp³-hybridized carbons (Fsp3) is 0. The van der Waals surface area contributed by atoms with Gasteiger partial charge in [-0.15, -0.1) is 0 Å². The normalized spacial score (nSPS) is 10.6. The van der Waals surface area contributed by atoms with Gasteiger partial charge in [-0.05, 0) is 0 Å². The number of hydrogen-bond acceptors (Lipinski definition) is 3. The number of halogens is 1. The van der Waals surface area contributed by atoms with Crippen molar-refractivity contribution < 1.29 is 0 Å². The van der Waals surface area contributed by atoms with Crippen molar-refractivity contribution in [2.45, 2.75) is 0 Å². The molecule has 0 saturated carbocycles. The van der Waals surface area contributed by atoms with Crippen molar-refractivity contribution in [3.05, 3.63) is 16.9 Å². The summed E-state index contributed by atoms with van der Waals surface area (Å²) in [5, 5.41) is 0. The molecule has 0 aromatic carbocycles. The van der Waals surface area contributed by atoms with Crippen molar-refractivity contribution in [2.24, 2.45) is 0 Å². The summed E-state index contributed by atoms with van der Waals surface area (Å²) in [5.74, 6) is 0. The second kappa shape index (κ2) is 2.59. The van der Waals surface area contributed by atoms with Crippen molar-refractivity contribution in [1.82, 2.24) is 9.97 Å². The first kappa shape index (κ1) is 7.28. The zero-order valence-corrected chi connectivity index (χ0v) is 8.71. The van der Waals surface area contributed by atoms with Gasteiger partial charge in [-0.3, -0.25) is 0 Å². The van der Waals surface area contributed by atoms with Crippen LogP contribution in [-0.2, 0) is 0 Å². The quantitative estimate of drug-likeness (QED) is 0.578. The van der Waals surface area contributed by atoms with E-state index in [9.17, 15) is 0 Å². The van der Waals surface area contributed by atoms with E-state index in [0.717, 1.165) is 14.8 Å². The SMILES string of the molecule is Nc1nc2cnc(Br)cc2[se]1. The fourth-order valence-corrected chi connectivity index (χ4v) is 3.06. The molecule has 0 atom stereocenters. The Bertz CT molecular complexity index is 398. The second-order valence-corrected chi connectivity index (χ2v) is 5.07. The zero-order valence-electron chi connectivity index (χ0n) is 5.41. The minimum atomic E-state index is 0.209. The summed E-state index contributed by atoms with van der Waals surface area (Å²) < 4.78 is 2.78. The van der Waals surface area contributed by atoms with E-state index < -0.39 is 0 Å². The third-order valence-electron chi connectivity index (χ3n) is 1.26. The van der Waals surface area contributed by atoms with Gasteiger partial charge in [-0.25, -0.2) is 0 Å². The molecule has 56 valence electrons. The first-order chi connectivity index (χ1) is 5.25. The van der Waals surface area contributed by atoms with Crippen molar-refractivity contribution in [2.75, 3.05) is 5.73 Å². The van der Waals surface area contributed by atoms with Crippen LogP contribution in [0.2, 0.25) is 0 Å². The second-order valence-electron chi connectivity index (χ2n) is 2.03. The van der Waals surface area contributed by atoms with E-state index in [1.165, 1.54) is 4.26 Å². The molecule has 0 bridgehead atoms. The number of nitrogens with two attached hydrogens (primary N) is 1. The number of anilines is 1. The molecule has 2 heterocycles. The monoisotopic (exact) mass is 277 g/mol. The Balaban J connectivity index is 2.82. The molecule has 2 aromatic heterocycles. The Morgan fingerprint density at radius 3 is 3.18 bits per heavy atom. The van der Waals surface area contributed by atoms with E-state index in [-0.39, 0.29) is 14.5 Å². The predicted molar refractivity (Wildman–Crippen MR) is 48.6 cm³/mol. The molecule has 0 saturated heterocycles. The van der Waals surface area contributed by atoms with E-state index in [1.807, 2.05) is 6.07 Å². The predicted octanol–water partition coefficient (Wildman–Crippen LogP) is 1.03. The molecule has 2 rings (SSSR count). The molecule has 0 fully saturated rings. The topological polar surface area (TPSA) is 51.8 Å². The molecule has 0 spiro atoms. The number of nitrogens with zero attached hydrogens (tertiary/aromatic N) is 2. The summed E-state index contributed by atoms with van der Waals surface area (Å²) >= 11 is 3.50. The molecular formula is C6H4BrN3Se. The summed E-state index contributed by atoms with van der Waals surface area (Å²) in [6.07, 6.45) is 1.74. The van der Waals surface area contributed by atoms with Crippen LogP contribution in [0.25, 0.3) is 9.78 Å². The van der Waals surface area contributed by atoms with E-state index in [1.54, 1.807) is 6.20 Å². The van der Waals surface area contributed by atoms with Gasteiger partial charge in [0.1, 0.15) is 0 Å². The fourth-order valence-electron chi connectivity index (χ4n) is 0.826. The van der Waals surface area contributed by atoms with Crippen molar-refractivity contribution in [3.8, 4) is 0 Å². The molecule has 0 aliphatic rings. The van der Waals surface area contributed by atoms with Gasteiger partial charge in [0, 0.05) is 0 Å². The number of rotatable bonds is 0. The van der Waals surface area contributed by atoms with Gasteiger partial charge >= 0.3 is 77.5 Å². The number of hydrogen-bond donors (Lipinski definition) is 1. The summed E-state index contributed by atoms with van der Waals surface area (Å²) in [7, 11) is 0. The molecule has 0 aliphatic carbocycles. The third kappa shape index (κ3) is 1.31. The summed E-state index contributed by atoms with van der Waals surface area (Å²) in [6.45, 7) is 0. The van der Waals surface area contributed by atoms with Crippen molar-refractivity contribution in [3.63, 3.8) is 0 Å². The van der Waals surface area contributed by atoms with Crippen LogP contribution >= 0.6 is 15.9 Å². The number of pyridine rings is 1. The zero-order chi connectivity index (χ0) is 7.84. The molecule has 0 radical (unpaired) electrons. The first-order valence-corrected chi connectivity index (χ1v) is 5.44. The van der Waals surface area contributed by atoms with E-state index in [4.69, 9.17) is 5.73 Å². The Morgan fingerprint density at radius 1 is 1.55 bits per heavy atom. The minimum absolute atomic E-state index is 0.209. The number of fused-ring (bicyclic) bond motifs is 1. The molecule has 0 aliphatic heterocycles. The van der Waals surface area contributed by atoms with Gasteiger partial charge in [-0.2, -0.15) is 0 Å². The maximum absolute atomic E-state index is 5.57. The summed E-state index contributed by atoms with van der Waals surface area (Å²) in [4.78, 5) is 8.18. The van der Waals surface area contributed by atoms with Crippen LogP contribution in [0.5, 0.6) is 0 Å². The van der Waals surface area contributed by atoms with Crippen LogP contribution in [0.1, 0.15) is 0 Å². The standard InChI is InChI=1S/C6H4BrN3Se/c7-5-1-4-3(2-9-5)10-6(8)11-4/h1-2H,(H2,8,10). The molecule has 11 heavy (non-hydrogen) atoms. The average Bonchev–Trinajstić information content (AvgIpc) is 2.27. The van der Waals surface area contributed by atoms with E-state index in [2.05, 4.69) is 25.9 Å². The van der Waals surface area contributed by atoms with Gasteiger partial charge in [-0.1, -0.05) is 0 Å². The summed E-state index contributed by atoms with van der Waals surface area (Å²) in [5.41, 5.74) is 6.49. The van der Waals surface area contributed by atoms with Crippen molar-refractivity contribution >= 4 is 44.9 Å². The molecular weight excluding hydrogens is 273 g/mol. The molecule has 2 N–H and O–H groups in total. The van der Waals surface area contributed by atoms with Gasteiger partial charge < -0.3 is 0 Å². The first-order valence-electron chi connectivity index (χ1n) is 2.93. The Morgan fingerprint density at radius 2 is 2.36 bits per heavy atom. The van der Waals surface area contributed by atoms with Gasteiger partial charge in [0.25, 0.3) is 0 Å². The Kier molecular flexibility index (Phi) is 1.71. The molecule has 3 nitrogen and oxygen atoms in total. The van der Waals surface area contributed by atoms with Crippen LogP contribution < -0.4 is 5.73 Å². The molecule has 5 heteroatoms. The van der Waals surface area contributed by atoms with Gasteiger partial charge in [0.2, 0.25) is 0 Å². The van der Waals surface area contributed by atoms with Gasteiger partial charge in [0.15, 0.2) is 0 Å². The third-order valence-corrected chi connectivity index (χ3v) is 3.47. The van der Waals surface area contributed by atoms with Crippen LogP contribution in [0.4, 0.5) is 4.69 Å². The average molecular weight is 277 g/mol. The molecule has 0 unspecified atom stereocenters. The van der Waals surface area contributed by atoms with Crippen LogP contribution in [0, 0.1) is 0 Å². The Labute approximate surface area is 77.5 Å². The van der Waals surface area contributed by atoms with Gasteiger partial charge in [0.05, 0.1) is 0 Å². The summed E-state index contributed by atoms with van der Waals surface area (Å²) in [6, 6.07) is 1.97. The maximum atomic E-state index is 5.57. The van der Waals surface area contributed by atoms with Crippen LogP contribution in [-0.4, -0.2) is 24.5 Å². The van der Waals surface area contributed by atoms with Crippen molar-refractivity contribution in [1.29, 1.82) is 0 Å². The van der Waals surface area contributed by atoms with E-state index >= 15 is 0 Å². The van der Waals surface area contributed by atoms with Crippen LogP contribution in [0.3, 0.4) is 0 Å². The number of nitrogen functional groups attached to an aromatic ring is 1. The van der Waals surface area contributed by atoms with Crippen LogP contribution in [0.15, 0.2) is 16.9 Å².